The highest BCUT2D eigenvalue weighted by atomic mass is 32.2. The van der Waals surface area contributed by atoms with Gasteiger partial charge in [-0.3, -0.25) is 0 Å². The fourth-order valence-electron chi connectivity index (χ4n) is 2.50. The maximum Gasteiger partial charge on any atom is 0.243 e. The average molecular weight is 286 g/mol. The normalized spacial score (nSPS) is 25.4. The van der Waals surface area contributed by atoms with Gasteiger partial charge >= 0.3 is 0 Å². The van der Waals surface area contributed by atoms with E-state index in [0.29, 0.717) is 19.0 Å². The van der Waals surface area contributed by atoms with E-state index >= 15 is 0 Å². The van der Waals surface area contributed by atoms with E-state index in [2.05, 4.69) is 6.92 Å². The van der Waals surface area contributed by atoms with E-state index in [1.165, 1.54) is 16.4 Å². The minimum absolute atomic E-state index is 0.127. The highest BCUT2D eigenvalue weighted by Crippen LogP contribution is 2.27. The van der Waals surface area contributed by atoms with Crippen molar-refractivity contribution < 1.29 is 12.8 Å². The number of benzene rings is 1. The van der Waals surface area contributed by atoms with Gasteiger partial charge in [-0.05, 0) is 43.0 Å². The molecule has 0 aromatic heterocycles. The predicted molar refractivity (Wildman–Crippen MR) is 71.5 cm³/mol. The van der Waals surface area contributed by atoms with Crippen LogP contribution in [-0.4, -0.2) is 31.9 Å². The molecule has 1 heterocycles. The van der Waals surface area contributed by atoms with Crippen molar-refractivity contribution in [3.8, 4) is 0 Å². The van der Waals surface area contributed by atoms with Crippen LogP contribution >= 0.6 is 0 Å². The molecule has 1 saturated heterocycles. The Balaban J connectivity index is 2.30. The third kappa shape index (κ3) is 2.96. The molecule has 1 aromatic carbocycles. The van der Waals surface area contributed by atoms with E-state index in [-0.39, 0.29) is 10.9 Å². The van der Waals surface area contributed by atoms with Crippen LogP contribution in [0, 0.1) is 11.7 Å². The highest BCUT2D eigenvalue weighted by molar-refractivity contribution is 7.89. The van der Waals surface area contributed by atoms with Gasteiger partial charge in [-0.2, -0.15) is 4.31 Å². The zero-order valence-corrected chi connectivity index (χ0v) is 11.7. The standard InChI is InChI=1S/C13H19FN2O2S/c1-10-6-7-16(12(8-10)9-15)19(17,18)13-4-2-11(14)3-5-13/h2-5,10,12H,6-9,15H2,1H3. The molecule has 0 spiro atoms. The number of piperidine rings is 1. The van der Waals surface area contributed by atoms with E-state index in [9.17, 15) is 12.8 Å². The number of nitrogens with zero attached hydrogens (tertiary/aromatic N) is 1. The summed E-state index contributed by atoms with van der Waals surface area (Å²) in [5, 5.41) is 0. The topological polar surface area (TPSA) is 63.4 Å². The Hall–Kier alpha value is -0.980. The Morgan fingerprint density at radius 3 is 2.58 bits per heavy atom. The molecular formula is C13H19FN2O2S. The van der Waals surface area contributed by atoms with Gasteiger partial charge in [-0.15, -0.1) is 0 Å². The van der Waals surface area contributed by atoms with Gasteiger partial charge in [0.1, 0.15) is 5.82 Å². The number of nitrogens with two attached hydrogens (primary N) is 1. The van der Waals surface area contributed by atoms with E-state index in [4.69, 9.17) is 5.73 Å². The van der Waals surface area contributed by atoms with Crippen LogP contribution in [0.5, 0.6) is 0 Å². The van der Waals surface area contributed by atoms with Crippen LogP contribution in [0.25, 0.3) is 0 Å². The molecule has 6 heteroatoms. The molecular weight excluding hydrogens is 267 g/mol. The van der Waals surface area contributed by atoms with E-state index in [1.54, 1.807) is 0 Å². The molecule has 1 aliphatic heterocycles. The van der Waals surface area contributed by atoms with Crippen molar-refractivity contribution in [3.05, 3.63) is 30.1 Å². The van der Waals surface area contributed by atoms with Crippen molar-refractivity contribution in [1.82, 2.24) is 4.31 Å². The summed E-state index contributed by atoms with van der Waals surface area (Å²) in [7, 11) is -3.58. The molecule has 1 aromatic rings. The average Bonchev–Trinajstić information content (AvgIpc) is 2.38. The number of rotatable bonds is 3. The minimum Gasteiger partial charge on any atom is -0.329 e. The molecule has 106 valence electrons. The minimum atomic E-state index is -3.58. The van der Waals surface area contributed by atoms with Crippen LogP contribution in [-0.2, 0) is 10.0 Å². The zero-order chi connectivity index (χ0) is 14.0. The van der Waals surface area contributed by atoms with Crippen LogP contribution in [0.4, 0.5) is 4.39 Å². The van der Waals surface area contributed by atoms with E-state index in [1.807, 2.05) is 0 Å². The van der Waals surface area contributed by atoms with Crippen molar-refractivity contribution in [1.29, 1.82) is 0 Å². The third-order valence-corrected chi connectivity index (χ3v) is 5.58. The molecule has 1 fully saturated rings. The fourth-order valence-corrected chi connectivity index (χ4v) is 4.16. The van der Waals surface area contributed by atoms with Crippen LogP contribution in [0.15, 0.2) is 29.2 Å². The fraction of sp³-hybridized carbons (Fsp3) is 0.538. The predicted octanol–water partition coefficient (Wildman–Crippen LogP) is 1.57. The second-order valence-electron chi connectivity index (χ2n) is 5.09. The number of sulfonamides is 1. The molecule has 19 heavy (non-hydrogen) atoms. The summed E-state index contributed by atoms with van der Waals surface area (Å²) in [5.41, 5.74) is 5.69. The Morgan fingerprint density at radius 1 is 1.37 bits per heavy atom. The largest absolute Gasteiger partial charge is 0.329 e. The Morgan fingerprint density at radius 2 is 2.00 bits per heavy atom. The van der Waals surface area contributed by atoms with Crippen LogP contribution < -0.4 is 5.73 Å². The van der Waals surface area contributed by atoms with Crippen molar-refractivity contribution >= 4 is 10.0 Å². The van der Waals surface area contributed by atoms with Gasteiger partial charge in [0.25, 0.3) is 0 Å². The monoisotopic (exact) mass is 286 g/mol. The second-order valence-corrected chi connectivity index (χ2v) is 6.98. The number of hydrogen-bond donors (Lipinski definition) is 1. The van der Waals surface area contributed by atoms with Gasteiger partial charge in [-0.1, -0.05) is 6.92 Å². The molecule has 2 unspecified atom stereocenters. The van der Waals surface area contributed by atoms with E-state index < -0.39 is 15.8 Å². The van der Waals surface area contributed by atoms with Gasteiger partial charge in [0.15, 0.2) is 0 Å². The highest BCUT2D eigenvalue weighted by Gasteiger charge is 2.34. The second kappa shape index (κ2) is 5.56. The summed E-state index contributed by atoms with van der Waals surface area (Å²) < 4.78 is 39.4. The molecule has 0 bridgehead atoms. The van der Waals surface area contributed by atoms with Crippen molar-refractivity contribution in [2.24, 2.45) is 11.7 Å². The van der Waals surface area contributed by atoms with Crippen molar-refractivity contribution in [2.45, 2.75) is 30.7 Å². The lowest BCUT2D eigenvalue weighted by Gasteiger charge is -2.36. The smallest absolute Gasteiger partial charge is 0.243 e. The van der Waals surface area contributed by atoms with Gasteiger partial charge in [0.2, 0.25) is 10.0 Å². The molecule has 0 aliphatic carbocycles. The molecule has 0 saturated carbocycles. The third-order valence-electron chi connectivity index (χ3n) is 3.62. The van der Waals surface area contributed by atoms with Crippen molar-refractivity contribution in [2.75, 3.05) is 13.1 Å². The first-order valence-corrected chi connectivity index (χ1v) is 7.86. The Kier molecular flexibility index (Phi) is 4.23. The molecule has 2 rings (SSSR count). The molecule has 2 atom stereocenters. The quantitative estimate of drug-likeness (QED) is 0.917. The summed E-state index contributed by atoms with van der Waals surface area (Å²) in [5.74, 6) is 0.0369. The molecule has 0 amide bonds. The maximum absolute atomic E-state index is 12.9. The van der Waals surface area contributed by atoms with Gasteiger partial charge in [-0.25, -0.2) is 12.8 Å². The van der Waals surface area contributed by atoms with Crippen LogP contribution in [0.1, 0.15) is 19.8 Å². The lowest BCUT2D eigenvalue weighted by Crippen LogP contribution is -2.49. The molecule has 2 N–H and O–H groups in total. The lowest BCUT2D eigenvalue weighted by atomic mass is 9.94. The van der Waals surface area contributed by atoms with Crippen molar-refractivity contribution in [3.63, 3.8) is 0 Å². The summed E-state index contributed by atoms with van der Waals surface area (Å²) >= 11 is 0. The number of hydrogen-bond acceptors (Lipinski definition) is 3. The summed E-state index contributed by atoms with van der Waals surface area (Å²) in [4.78, 5) is 0.127. The first-order chi connectivity index (χ1) is 8.95. The zero-order valence-electron chi connectivity index (χ0n) is 10.9. The van der Waals surface area contributed by atoms with Crippen LogP contribution in [0.2, 0.25) is 0 Å². The molecule has 0 radical (unpaired) electrons. The van der Waals surface area contributed by atoms with Gasteiger partial charge < -0.3 is 5.73 Å². The Bertz CT molecular complexity index is 530. The van der Waals surface area contributed by atoms with Crippen LogP contribution in [0.3, 0.4) is 0 Å². The van der Waals surface area contributed by atoms with Gasteiger partial charge in [0.05, 0.1) is 4.90 Å². The summed E-state index contributed by atoms with van der Waals surface area (Å²) in [6, 6.07) is 4.76. The summed E-state index contributed by atoms with van der Waals surface area (Å²) in [6.07, 6.45) is 1.61. The summed E-state index contributed by atoms with van der Waals surface area (Å²) in [6.45, 7) is 2.89. The maximum atomic E-state index is 12.9. The van der Waals surface area contributed by atoms with E-state index in [0.717, 1.165) is 25.0 Å². The number of halogens is 1. The molecule has 4 nitrogen and oxygen atoms in total. The molecule has 1 aliphatic rings. The SMILES string of the molecule is CC1CCN(S(=O)(=O)c2ccc(F)cc2)C(CN)C1. The van der Waals surface area contributed by atoms with Gasteiger partial charge in [0, 0.05) is 19.1 Å². The first-order valence-electron chi connectivity index (χ1n) is 6.42. The first kappa shape index (κ1) is 14.4. The Labute approximate surface area is 113 Å². The lowest BCUT2D eigenvalue weighted by molar-refractivity contribution is 0.211.